The molecule has 0 spiro atoms. The van der Waals surface area contributed by atoms with Crippen molar-refractivity contribution >= 4 is 5.69 Å². The number of hydrogen-bond acceptors (Lipinski definition) is 4. The summed E-state index contributed by atoms with van der Waals surface area (Å²) in [5.74, 6) is 0.812. The van der Waals surface area contributed by atoms with Crippen molar-refractivity contribution in [2.45, 2.75) is 38.3 Å². The average Bonchev–Trinajstić information content (AvgIpc) is 2.70. The summed E-state index contributed by atoms with van der Waals surface area (Å²) >= 11 is 0. The van der Waals surface area contributed by atoms with Crippen molar-refractivity contribution in [3.8, 4) is 5.75 Å². The van der Waals surface area contributed by atoms with Crippen LogP contribution < -0.4 is 15.0 Å². The first kappa shape index (κ1) is 12.5. The summed E-state index contributed by atoms with van der Waals surface area (Å²) in [4.78, 5) is 6.86. The highest BCUT2D eigenvalue weighted by Crippen LogP contribution is 2.34. The maximum Gasteiger partial charge on any atom is 0.146 e. The highest BCUT2D eigenvalue weighted by molar-refractivity contribution is 5.51. The van der Waals surface area contributed by atoms with Gasteiger partial charge in [-0.25, -0.2) is 0 Å². The molecule has 0 amide bonds. The Hall–Kier alpha value is -1.55. The Labute approximate surface area is 114 Å². The number of hydrogen-bond donors (Lipinski definition) is 1. The molecule has 2 atom stereocenters. The lowest BCUT2D eigenvalue weighted by Gasteiger charge is -2.30. The molecule has 0 aromatic carbocycles. The van der Waals surface area contributed by atoms with Gasteiger partial charge in [0.1, 0.15) is 5.75 Å². The number of pyridine rings is 1. The van der Waals surface area contributed by atoms with E-state index >= 15 is 0 Å². The summed E-state index contributed by atoms with van der Waals surface area (Å²) in [6.45, 7) is 4.15. The second-order valence-corrected chi connectivity index (χ2v) is 5.25. The smallest absolute Gasteiger partial charge is 0.146 e. The van der Waals surface area contributed by atoms with E-state index in [-0.39, 0.29) is 0 Å². The zero-order valence-electron chi connectivity index (χ0n) is 11.4. The zero-order chi connectivity index (χ0) is 13.1. The summed E-state index contributed by atoms with van der Waals surface area (Å²) in [5.41, 5.74) is 1.19. The van der Waals surface area contributed by atoms with Gasteiger partial charge in [-0.1, -0.05) is 6.08 Å². The molecule has 0 saturated carbocycles. The van der Waals surface area contributed by atoms with Gasteiger partial charge in [0, 0.05) is 24.7 Å². The molecular weight excluding hydrogens is 238 g/mol. The number of ether oxygens (including phenoxy) is 1. The van der Waals surface area contributed by atoms with E-state index in [4.69, 9.17) is 4.74 Å². The number of rotatable bonds is 3. The maximum absolute atomic E-state index is 5.52. The van der Waals surface area contributed by atoms with Crippen LogP contribution in [-0.4, -0.2) is 30.2 Å². The Bertz CT molecular complexity index is 446. The van der Waals surface area contributed by atoms with Crippen molar-refractivity contribution in [1.82, 2.24) is 10.3 Å². The molecule has 0 aliphatic carbocycles. The third-order valence-corrected chi connectivity index (χ3v) is 3.99. The van der Waals surface area contributed by atoms with E-state index in [1.807, 2.05) is 19.2 Å². The number of nitrogens with one attached hydrogen (secondary N) is 1. The predicted octanol–water partition coefficient (Wildman–Crippen LogP) is 2.32. The van der Waals surface area contributed by atoms with Crippen LogP contribution >= 0.6 is 0 Å². The van der Waals surface area contributed by atoms with Crippen LogP contribution in [0.2, 0.25) is 0 Å². The fourth-order valence-electron chi connectivity index (χ4n) is 3.16. The van der Waals surface area contributed by atoms with Crippen molar-refractivity contribution in [2.75, 3.05) is 18.0 Å². The van der Waals surface area contributed by atoms with Gasteiger partial charge in [0.2, 0.25) is 0 Å². The quantitative estimate of drug-likeness (QED) is 0.845. The van der Waals surface area contributed by atoms with Gasteiger partial charge in [0.15, 0.2) is 0 Å². The molecule has 2 aliphatic heterocycles. The molecule has 4 nitrogen and oxygen atoms in total. The lowest BCUT2D eigenvalue weighted by Crippen LogP contribution is -2.38. The van der Waals surface area contributed by atoms with Crippen LogP contribution in [0.4, 0.5) is 5.69 Å². The minimum atomic E-state index is 0.603. The number of nitrogens with zero attached hydrogens (tertiary/aromatic N) is 2. The van der Waals surface area contributed by atoms with Crippen LogP contribution in [0.5, 0.6) is 5.75 Å². The second kappa shape index (κ2) is 5.61. The Morgan fingerprint density at radius 3 is 3.11 bits per heavy atom. The molecule has 3 heterocycles. The fraction of sp³-hybridized carbons (Fsp3) is 0.533. The van der Waals surface area contributed by atoms with Gasteiger partial charge in [-0.3, -0.25) is 4.98 Å². The molecule has 3 rings (SSSR count). The Balaban J connectivity index is 1.84. The van der Waals surface area contributed by atoms with Gasteiger partial charge in [-0.05, 0) is 32.7 Å². The molecule has 2 fully saturated rings. The van der Waals surface area contributed by atoms with Crippen LogP contribution in [0.3, 0.4) is 0 Å². The van der Waals surface area contributed by atoms with Crippen LogP contribution in [-0.2, 0) is 0 Å². The van der Waals surface area contributed by atoms with Crippen molar-refractivity contribution in [3.05, 3.63) is 30.8 Å². The highest BCUT2D eigenvalue weighted by Gasteiger charge is 2.35. The molecule has 19 heavy (non-hydrogen) atoms. The molecular formula is C15H21N3O. The van der Waals surface area contributed by atoms with Gasteiger partial charge in [0.25, 0.3) is 0 Å². The summed E-state index contributed by atoms with van der Waals surface area (Å²) < 4.78 is 5.52. The number of fused-ring (bicyclic) bond motifs is 2. The van der Waals surface area contributed by atoms with E-state index in [1.54, 1.807) is 12.5 Å². The van der Waals surface area contributed by atoms with Gasteiger partial charge in [-0.15, -0.1) is 0 Å². The Morgan fingerprint density at radius 1 is 1.32 bits per heavy atom. The van der Waals surface area contributed by atoms with Crippen molar-refractivity contribution in [2.24, 2.45) is 0 Å². The summed E-state index contributed by atoms with van der Waals surface area (Å²) in [6.07, 6.45) is 11.1. The van der Waals surface area contributed by atoms with E-state index in [1.165, 1.54) is 24.9 Å². The van der Waals surface area contributed by atoms with E-state index in [0.29, 0.717) is 12.1 Å². The molecule has 1 aromatic rings. The zero-order valence-corrected chi connectivity index (χ0v) is 11.4. The summed E-state index contributed by atoms with van der Waals surface area (Å²) in [5, 5.41) is 3.52. The van der Waals surface area contributed by atoms with Gasteiger partial charge in [-0.2, -0.15) is 0 Å². The van der Waals surface area contributed by atoms with Gasteiger partial charge in [0.05, 0.1) is 24.3 Å². The fourth-order valence-corrected chi connectivity index (χ4v) is 3.16. The van der Waals surface area contributed by atoms with Crippen LogP contribution in [0.1, 0.15) is 26.2 Å². The summed E-state index contributed by atoms with van der Waals surface area (Å²) in [6, 6.07) is 3.36. The highest BCUT2D eigenvalue weighted by atomic mass is 16.5. The van der Waals surface area contributed by atoms with Crippen molar-refractivity contribution in [3.63, 3.8) is 0 Å². The first-order valence-electron chi connectivity index (χ1n) is 7.10. The van der Waals surface area contributed by atoms with Crippen LogP contribution in [0.25, 0.3) is 0 Å². The van der Waals surface area contributed by atoms with E-state index in [9.17, 15) is 0 Å². The van der Waals surface area contributed by atoms with Gasteiger partial charge >= 0.3 is 0 Å². The third kappa shape index (κ3) is 2.59. The number of allylic oxidation sites excluding steroid dienone is 1. The molecule has 2 bridgehead atoms. The van der Waals surface area contributed by atoms with Crippen molar-refractivity contribution in [1.29, 1.82) is 0 Å². The average molecular weight is 259 g/mol. The Kier molecular flexibility index (Phi) is 3.69. The van der Waals surface area contributed by atoms with Crippen LogP contribution in [0.15, 0.2) is 30.8 Å². The molecule has 2 aliphatic rings. The SMILES string of the molecule is C/C=C\Oc1cncc(N2[C@@H]3CCNC[C@H]2CC3)c1. The van der Waals surface area contributed by atoms with E-state index in [2.05, 4.69) is 21.3 Å². The molecule has 1 aromatic heterocycles. The standard InChI is InChI=1S/C15H21N3O/c1-2-7-19-15-8-14(10-17-11-15)18-12-3-4-13(18)9-16-6-5-12/h2,7-8,10-13,16H,3-6,9H2,1H3/b7-2-/t12-,13+/m0/s1. The molecule has 1 N–H and O–H groups in total. The van der Waals surface area contributed by atoms with Crippen LogP contribution in [0, 0.1) is 0 Å². The molecule has 0 unspecified atom stereocenters. The van der Waals surface area contributed by atoms with E-state index in [0.717, 1.165) is 18.8 Å². The maximum atomic E-state index is 5.52. The molecule has 4 heteroatoms. The minimum absolute atomic E-state index is 0.603. The topological polar surface area (TPSA) is 37.4 Å². The predicted molar refractivity (Wildman–Crippen MR) is 76.5 cm³/mol. The lowest BCUT2D eigenvalue weighted by molar-refractivity contribution is 0.477. The Morgan fingerprint density at radius 2 is 2.21 bits per heavy atom. The lowest BCUT2D eigenvalue weighted by atomic mass is 10.1. The third-order valence-electron chi connectivity index (χ3n) is 3.99. The first-order valence-corrected chi connectivity index (χ1v) is 7.10. The minimum Gasteiger partial charge on any atom is -0.464 e. The summed E-state index contributed by atoms with van der Waals surface area (Å²) in [7, 11) is 0. The molecule has 2 saturated heterocycles. The first-order chi connectivity index (χ1) is 9.38. The normalized spacial score (nSPS) is 26.7. The molecule has 0 radical (unpaired) electrons. The number of anilines is 1. The van der Waals surface area contributed by atoms with Gasteiger partial charge < -0.3 is 15.0 Å². The van der Waals surface area contributed by atoms with Crippen molar-refractivity contribution < 1.29 is 4.74 Å². The largest absolute Gasteiger partial charge is 0.464 e. The van der Waals surface area contributed by atoms with E-state index < -0.39 is 0 Å². The number of aromatic nitrogens is 1. The molecule has 102 valence electrons. The second-order valence-electron chi connectivity index (χ2n) is 5.25. The monoisotopic (exact) mass is 259 g/mol.